The number of hydrogen-bond donors (Lipinski definition) is 1. The van der Waals surface area contributed by atoms with Crippen LogP contribution in [0.2, 0.25) is 5.02 Å². The summed E-state index contributed by atoms with van der Waals surface area (Å²) in [5.74, 6) is 0. The summed E-state index contributed by atoms with van der Waals surface area (Å²) in [6.45, 7) is 3.97. The van der Waals surface area contributed by atoms with E-state index in [9.17, 15) is 0 Å². The lowest BCUT2D eigenvalue weighted by Gasteiger charge is -2.29. The summed E-state index contributed by atoms with van der Waals surface area (Å²) in [6.07, 6.45) is 0. The molecule has 86 valence electrons. The molecule has 2 rings (SSSR count). The molecule has 16 heavy (non-hydrogen) atoms. The molecule has 0 radical (unpaired) electrons. The monoisotopic (exact) mass is 257 g/mol. The van der Waals surface area contributed by atoms with Crippen molar-refractivity contribution >= 4 is 29.7 Å². The van der Waals surface area contributed by atoms with Gasteiger partial charge >= 0.3 is 0 Å². The first-order valence-corrected chi connectivity index (χ1v) is 5.34. The second-order valence-corrected chi connectivity index (χ2v) is 3.92. The molecule has 0 saturated carbocycles. The molecule has 1 heterocycles. The van der Waals surface area contributed by atoms with E-state index in [4.69, 9.17) is 16.9 Å². The molecule has 0 aliphatic carbocycles. The fraction of sp³-hybridized carbons (Fsp3) is 0.364. The average Bonchev–Trinajstić information content (AvgIpc) is 2.30. The van der Waals surface area contributed by atoms with Crippen LogP contribution >= 0.6 is 24.0 Å². The molecule has 1 fully saturated rings. The third-order valence-electron chi connectivity index (χ3n) is 2.56. The first kappa shape index (κ1) is 13.1. The van der Waals surface area contributed by atoms with Crippen molar-refractivity contribution < 1.29 is 0 Å². The Labute approximate surface area is 106 Å². The maximum atomic E-state index is 8.76. The fourth-order valence-corrected chi connectivity index (χ4v) is 1.93. The summed E-state index contributed by atoms with van der Waals surface area (Å²) in [5.41, 5.74) is 1.64. The van der Waals surface area contributed by atoms with Crippen molar-refractivity contribution in [3.05, 3.63) is 28.8 Å². The van der Waals surface area contributed by atoms with Gasteiger partial charge in [0.25, 0.3) is 0 Å². The number of benzene rings is 1. The Morgan fingerprint density at radius 1 is 1.31 bits per heavy atom. The Hall–Kier alpha value is -0.950. The highest BCUT2D eigenvalue weighted by atomic mass is 35.5. The van der Waals surface area contributed by atoms with Crippen LogP contribution in [0.4, 0.5) is 5.69 Å². The van der Waals surface area contributed by atoms with Gasteiger partial charge < -0.3 is 10.2 Å². The van der Waals surface area contributed by atoms with E-state index in [-0.39, 0.29) is 12.4 Å². The van der Waals surface area contributed by atoms with E-state index < -0.39 is 0 Å². The topological polar surface area (TPSA) is 39.1 Å². The van der Waals surface area contributed by atoms with Gasteiger partial charge in [-0.05, 0) is 18.2 Å². The SMILES string of the molecule is Cl.N#Cc1ccc(N2CCNCC2)cc1Cl. The number of anilines is 1. The first-order valence-electron chi connectivity index (χ1n) is 4.96. The molecular weight excluding hydrogens is 245 g/mol. The molecule has 0 amide bonds. The number of hydrogen-bond acceptors (Lipinski definition) is 3. The Kier molecular flexibility index (Phi) is 4.88. The third-order valence-corrected chi connectivity index (χ3v) is 2.87. The Bertz CT molecular complexity index is 395. The van der Waals surface area contributed by atoms with Crippen LogP contribution in [0.25, 0.3) is 0 Å². The highest BCUT2D eigenvalue weighted by Crippen LogP contribution is 2.23. The highest BCUT2D eigenvalue weighted by molar-refractivity contribution is 6.32. The van der Waals surface area contributed by atoms with E-state index in [1.807, 2.05) is 12.1 Å². The standard InChI is InChI=1S/C11H12ClN3.ClH/c12-11-7-10(2-1-9(11)8-13)15-5-3-14-4-6-15;/h1-2,7,14H,3-6H2;1H. The van der Waals surface area contributed by atoms with Crippen molar-refractivity contribution in [2.24, 2.45) is 0 Å². The maximum absolute atomic E-state index is 8.76. The second kappa shape index (κ2) is 5.95. The minimum absolute atomic E-state index is 0. The van der Waals surface area contributed by atoms with Crippen molar-refractivity contribution in [1.29, 1.82) is 5.26 Å². The van der Waals surface area contributed by atoms with Crippen LogP contribution in [0.1, 0.15) is 5.56 Å². The van der Waals surface area contributed by atoms with Gasteiger partial charge in [0, 0.05) is 31.9 Å². The molecule has 1 aromatic rings. The van der Waals surface area contributed by atoms with E-state index in [0.29, 0.717) is 10.6 Å². The fourth-order valence-electron chi connectivity index (χ4n) is 1.71. The van der Waals surface area contributed by atoms with E-state index >= 15 is 0 Å². The van der Waals surface area contributed by atoms with Crippen LogP contribution < -0.4 is 10.2 Å². The lowest BCUT2D eigenvalue weighted by molar-refractivity contribution is 0.589. The third kappa shape index (κ3) is 2.79. The lowest BCUT2D eigenvalue weighted by Crippen LogP contribution is -2.43. The molecule has 1 saturated heterocycles. The molecule has 0 spiro atoms. The number of nitriles is 1. The largest absolute Gasteiger partial charge is 0.369 e. The van der Waals surface area contributed by atoms with Gasteiger partial charge in [0.05, 0.1) is 10.6 Å². The van der Waals surface area contributed by atoms with Crippen molar-refractivity contribution in [3.63, 3.8) is 0 Å². The van der Waals surface area contributed by atoms with Crippen LogP contribution in [-0.4, -0.2) is 26.2 Å². The summed E-state index contributed by atoms with van der Waals surface area (Å²) in [4.78, 5) is 2.27. The van der Waals surface area contributed by atoms with Gasteiger partial charge in [-0.15, -0.1) is 12.4 Å². The Balaban J connectivity index is 0.00000128. The van der Waals surface area contributed by atoms with Crippen molar-refractivity contribution in [3.8, 4) is 6.07 Å². The second-order valence-electron chi connectivity index (χ2n) is 3.51. The summed E-state index contributed by atoms with van der Waals surface area (Å²) in [5, 5.41) is 12.6. The minimum Gasteiger partial charge on any atom is -0.369 e. The first-order chi connectivity index (χ1) is 7.31. The van der Waals surface area contributed by atoms with Crippen molar-refractivity contribution in [2.75, 3.05) is 31.1 Å². The molecule has 1 N–H and O–H groups in total. The minimum atomic E-state index is 0. The predicted octanol–water partition coefficient (Wildman–Crippen LogP) is 2.04. The van der Waals surface area contributed by atoms with Crippen LogP contribution in [0.5, 0.6) is 0 Å². The van der Waals surface area contributed by atoms with E-state index in [2.05, 4.69) is 16.3 Å². The highest BCUT2D eigenvalue weighted by Gasteiger charge is 2.11. The van der Waals surface area contributed by atoms with Crippen LogP contribution in [0.3, 0.4) is 0 Å². The molecule has 1 aliphatic rings. The van der Waals surface area contributed by atoms with E-state index in [1.165, 1.54) is 0 Å². The summed E-state index contributed by atoms with van der Waals surface area (Å²) in [7, 11) is 0. The normalized spacial score (nSPS) is 15.1. The number of piperazine rings is 1. The van der Waals surface area contributed by atoms with Gasteiger partial charge in [0.15, 0.2) is 0 Å². The van der Waals surface area contributed by atoms with Crippen LogP contribution in [0, 0.1) is 11.3 Å². The molecular formula is C11H13Cl2N3. The van der Waals surface area contributed by atoms with Gasteiger partial charge in [-0.1, -0.05) is 11.6 Å². The molecule has 0 aromatic heterocycles. The van der Waals surface area contributed by atoms with Crippen LogP contribution in [-0.2, 0) is 0 Å². The smallest absolute Gasteiger partial charge is 0.101 e. The predicted molar refractivity (Wildman–Crippen MR) is 68.5 cm³/mol. The van der Waals surface area contributed by atoms with E-state index in [1.54, 1.807) is 6.07 Å². The molecule has 5 heteroatoms. The van der Waals surface area contributed by atoms with Crippen molar-refractivity contribution in [2.45, 2.75) is 0 Å². The molecule has 3 nitrogen and oxygen atoms in total. The van der Waals surface area contributed by atoms with Gasteiger partial charge in [-0.3, -0.25) is 0 Å². The van der Waals surface area contributed by atoms with Gasteiger partial charge in [0.2, 0.25) is 0 Å². The van der Waals surface area contributed by atoms with Gasteiger partial charge in [-0.25, -0.2) is 0 Å². The average molecular weight is 258 g/mol. The number of halogens is 2. The lowest BCUT2D eigenvalue weighted by atomic mass is 10.2. The Morgan fingerprint density at radius 2 is 2.00 bits per heavy atom. The molecule has 0 unspecified atom stereocenters. The summed E-state index contributed by atoms with van der Waals surface area (Å²) >= 11 is 5.98. The molecule has 0 bridgehead atoms. The quantitative estimate of drug-likeness (QED) is 0.837. The zero-order valence-corrected chi connectivity index (χ0v) is 10.3. The Morgan fingerprint density at radius 3 is 2.56 bits per heavy atom. The molecule has 1 aromatic carbocycles. The van der Waals surface area contributed by atoms with Gasteiger partial charge in [0.1, 0.15) is 6.07 Å². The molecule has 1 aliphatic heterocycles. The van der Waals surface area contributed by atoms with Crippen LogP contribution in [0.15, 0.2) is 18.2 Å². The molecule has 0 atom stereocenters. The zero-order valence-electron chi connectivity index (χ0n) is 8.74. The summed E-state index contributed by atoms with van der Waals surface area (Å²) < 4.78 is 0. The van der Waals surface area contributed by atoms with Gasteiger partial charge in [-0.2, -0.15) is 5.26 Å². The number of nitrogens with zero attached hydrogens (tertiary/aromatic N) is 2. The number of rotatable bonds is 1. The maximum Gasteiger partial charge on any atom is 0.101 e. The van der Waals surface area contributed by atoms with Crippen molar-refractivity contribution in [1.82, 2.24) is 5.32 Å². The number of nitrogens with one attached hydrogen (secondary N) is 1. The zero-order chi connectivity index (χ0) is 10.7. The summed E-state index contributed by atoms with van der Waals surface area (Å²) in [6, 6.07) is 7.66. The van der Waals surface area contributed by atoms with E-state index in [0.717, 1.165) is 31.9 Å².